The van der Waals surface area contributed by atoms with Crippen molar-refractivity contribution in [2.45, 2.75) is 18.4 Å². The second kappa shape index (κ2) is 5.31. The molecule has 3 aliphatic rings. The van der Waals surface area contributed by atoms with E-state index in [-0.39, 0.29) is 35.3 Å². The summed E-state index contributed by atoms with van der Waals surface area (Å²) in [6, 6.07) is 4.64. The van der Waals surface area contributed by atoms with Gasteiger partial charge in [-0.05, 0) is 42.0 Å². The molecule has 138 valence electrons. The molecular formula is C19H15NO7. The summed E-state index contributed by atoms with van der Waals surface area (Å²) in [5, 5.41) is 41.6. The zero-order chi connectivity index (χ0) is 19.7. The predicted octanol–water partition coefficient (Wildman–Crippen LogP) is 0.344. The molecular weight excluding hydrogens is 354 g/mol. The molecule has 1 fully saturated rings. The number of nitrogens with two attached hydrogens (primary N) is 1. The molecule has 8 nitrogen and oxygen atoms in total. The number of fused-ring (bicyclic) bond motifs is 3. The second-order valence-electron chi connectivity index (χ2n) is 6.84. The van der Waals surface area contributed by atoms with Gasteiger partial charge in [0.1, 0.15) is 22.8 Å². The number of hydrogen-bond donors (Lipinski definition) is 5. The van der Waals surface area contributed by atoms with E-state index in [4.69, 9.17) is 5.73 Å². The molecule has 4 rings (SSSR count). The van der Waals surface area contributed by atoms with Crippen molar-refractivity contribution in [3.63, 3.8) is 0 Å². The number of ketones is 2. The number of phenols is 1. The van der Waals surface area contributed by atoms with Crippen molar-refractivity contribution in [3.8, 4) is 5.75 Å². The summed E-state index contributed by atoms with van der Waals surface area (Å²) in [5.74, 6) is -5.70. The zero-order valence-corrected chi connectivity index (χ0v) is 13.9. The summed E-state index contributed by atoms with van der Waals surface area (Å²) in [6.45, 7) is 0. The lowest BCUT2D eigenvalue weighted by Gasteiger charge is -2.41. The molecule has 0 radical (unpaired) electrons. The molecule has 8 heteroatoms. The normalized spacial score (nSPS) is 27.0. The van der Waals surface area contributed by atoms with Crippen LogP contribution in [-0.2, 0) is 20.8 Å². The van der Waals surface area contributed by atoms with Crippen molar-refractivity contribution in [2.24, 2.45) is 11.7 Å². The fraction of sp³-hybridized carbons (Fsp3) is 0.211. The zero-order valence-electron chi connectivity index (χ0n) is 13.9. The Labute approximate surface area is 152 Å². The minimum absolute atomic E-state index is 0.00142. The van der Waals surface area contributed by atoms with Gasteiger partial charge in [-0.1, -0.05) is 12.1 Å². The molecule has 0 unspecified atom stereocenters. The Morgan fingerprint density at radius 1 is 1.11 bits per heavy atom. The lowest BCUT2D eigenvalue weighted by atomic mass is 9.62. The number of aromatic hydroxyl groups is 1. The van der Waals surface area contributed by atoms with Crippen LogP contribution in [0.2, 0.25) is 0 Å². The van der Waals surface area contributed by atoms with Gasteiger partial charge in [-0.15, -0.1) is 0 Å². The first-order valence-electron chi connectivity index (χ1n) is 8.18. The summed E-state index contributed by atoms with van der Waals surface area (Å²) in [6.07, 6.45) is 1.29. The lowest BCUT2D eigenvalue weighted by Crippen LogP contribution is -2.57. The molecule has 1 amide bonds. The van der Waals surface area contributed by atoms with Gasteiger partial charge in [0.25, 0.3) is 5.91 Å². The van der Waals surface area contributed by atoms with E-state index in [0.29, 0.717) is 5.56 Å². The molecule has 1 aromatic rings. The Bertz CT molecular complexity index is 1050. The standard InChI is InChI=1S/C19H15NO7/c20-18(26)14-11(22)6-9-5-8-4-7-2-1-3-10(21)12(7)15(23)13(8)16(24)19(9,27)17(14)25/h1-3,6,8,21-23,27H,4-5H2,(H2,20,26)/t8-,19-/m0/s1. The Hall–Kier alpha value is -3.39. The van der Waals surface area contributed by atoms with Crippen LogP contribution in [0.4, 0.5) is 0 Å². The maximum Gasteiger partial charge on any atom is 0.256 e. The van der Waals surface area contributed by atoms with Crippen molar-refractivity contribution >= 4 is 23.2 Å². The molecule has 0 spiro atoms. The van der Waals surface area contributed by atoms with E-state index in [1.165, 1.54) is 6.07 Å². The summed E-state index contributed by atoms with van der Waals surface area (Å²) in [5.41, 5.74) is 1.93. The monoisotopic (exact) mass is 369 g/mol. The van der Waals surface area contributed by atoms with Crippen LogP contribution in [0.5, 0.6) is 5.75 Å². The van der Waals surface area contributed by atoms with Gasteiger partial charge in [-0.3, -0.25) is 14.4 Å². The third kappa shape index (κ3) is 2.04. The number of rotatable bonds is 1. The van der Waals surface area contributed by atoms with Crippen molar-refractivity contribution in [1.29, 1.82) is 0 Å². The third-order valence-electron chi connectivity index (χ3n) is 5.37. The molecule has 0 heterocycles. The van der Waals surface area contributed by atoms with Crippen molar-refractivity contribution < 1.29 is 34.8 Å². The number of allylic oxidation sites excluding steroid dienone is 1. The first-order valence-corrected chi connectivity index (χ1v) is 8.18. The Balaban J connectivity index is 1.94. The van der Waals surface area contributed by atoms with Crippen molar-refractivity contribution in [2.75, 3.05) is 0 Å². The van der Waals surface area contributed by atoms with Crippen LogP contribution in [0.1, 0.15) is 17.5 Å². The van der Waals surface area contributed by atoms with E-state index in [9.17, 15) is 34.8 Å². The minimum atomic E-state index is -2.72. The van der Waals surface area contributed by atoms with Gasteiger partial charge >= 0.3 is 0 Å². The number of primary amides is 1. The number of aliphatic hydroxyl groups is 3. The Morgan fingerprint density at radius 3 is 2.48 bits per heavy atom. The van der Waals surface area contributed by atoms with Crippen LogP contribution in [0, 0.1) is 5.92 Å². The first kappa shape index (κ1) is 17.0. The second-order valence-corrected chi connectivity index (χ2v) is 6.84. The van der Waals surface area contributed by atoms with Crippen LogP contribution in [0.3, 0.4) is 0 Å². The average Bonchev–Trinajstić information content (AvgIpc) is 2.57. The van der Waals surface area contributed by atoms with Gasteiger partial charge in [-0.25, -0.2) is 0 Å². The van der Waals surface area contributed by atoms with E-state index < -0.39 is 46.1 Å². The van der Waals surface area contributed by atoms with E-state index in [1.54, 1.807) is 12.1 Å². The van der Waals surface area contributed by atoms with Gasteiger partial charge < -0.3 is 26.2 Å². The molecule has 3 aliphatic carbocycles. The molecule has 0 aliphatic heterocycles. The number of aliphatic hydroxyl groups excluding tert-OH is 2. The summed E-state index contributed by atoms with van der Waals surface area (Å²) in [7, 11) is 0. The van der Waals surface area contributed by atoms with E-state index in [0.717, 1.165) is 6.08 Å². The maximum absolute atomic E-state index is 13.1. The van der Waals surface area contributed by atoms with E-state index in [2.05, 4.69) is 0 Å². The molecule has 2 atom stereocenters. The number of hydrogen-bond acceptors (Lipinski definition) is 7. The third-order valence-corrected chi connectivity index (χ3v) is 5.37. The number of phenolic OH excluding ortho intramolecular Hbond substituents is 1. The molecule has 27 heavy (non-hydrogen) atoms. The molecule has 0 saturated heterocycles. The first-order chi connectivity index (χ1) is 12.7. The summed E-state index contributed by atoms with van der Waals surface area (Å²) in [4.78, 5) is 37.2. The van der Waals surface area contributed by atoms with Crippen LogP contribution < -0.4 is 5.73 Å². The quantitative estimate of drug-likeness (QED) is 0.353. The van der Waals surface area contributed by atoms with Gasteiger partial charge in [0.2, 0.25) is 17.2 Å². The Morgan fingerprint density at radius 2 is 1.81 bits per heavy atom. The molecule has 6 N–H and O–H groups in total. The van der Waals surface area contributed by atoms with Crippen LogP contribution in [0.15, 0.2) is 46.8 Å². The van der Waals surface area contributed by atoms with Gasteiger partial charge in [-0.2, -0.15) is 0 Å². The van der Waals surface area contributed by atoms with Gasteiger partial charge in [0.05, 0.1) is 5.56 Å². The average molecular weight is 369 g/mol. The number of amides is 1. The fourth-order valence-electron chi connectivity index (χ4n) is 4.13. The minimum Gasteiger partial charge on any atom is -0.507 e. The van der Waals surface area contributed by atoms with E-state index >= 15 is 0 Å². The van der Waals surface area contributed by atoms with Gasteiger partial charge in [0.15, 0.2) is 0 Å². The number of carbonyl (C=O) groups excluding carboxylic acids is 3. The van der Waals surface area contributed by atoms with E-state index in [1.807, 2.05) is 0 Å². The highest BCUT2D eigenvalue weighted by Gasteiger charge is 2.58. The molecule has 1 aromatic carbocycles. The number of benzene rings is 1. The van der Waals surface area contributed by atoms with Crippen LogP contribution in [-0.4, -0.2) is 43.5 Å². The van der Waals surface area contributed by atoms with Crippen molar-refractivity contribution in [1.82, 2.24) is 0 Å². The largest absolute Gasteiger partial charge is 0.507 e. The Kier molecular flexibility index (Phi) is 3.35. The SMILES string of the molecule is NC(=O)C1=C(O)C=C2C[C@@H]3Cc4cccc(O)c4C(O)=C3C(=O)[C@]2(O)C1=O. The maximum atomic E-state index is 13.1. The highest BCUT2D eigenvalue weighted by Crippen LogP contribution is 2.49. The van der Waals surface area contributed by atoms with Crippen molar-refractivity contribution in [3.05, 3.63) is 57.9 Å². The highest BCUT2D eigenvalue weighted by molar-refractivity contribution is 6.34. The smallest absolute Gasteiger partial charge is 0.256 e. The van der Waals surface area contributed by atoms with Gasteiger partial charge in [0, 0.05) is 5.57 Å². The molecule has 0 bridgehead atoms. The number of Topliss-reactive ketones (excluding diaryl/α,β-unsaturated/α-hetero) is 2. The highest BCUT2D eigenvalue weighted by atomic mass is 16.3. The lowest BCUT2D eigenvalue weighted by molar-refractivity contribution is -0.145. The predicted molar refractivity (Wildman–Crippen MR) is 91.4 cm³/mol. The molecule has 0 aromatic heterocycles. The fourth-order valence-corrected chi connectivity index (χ4v) is 4.13. The summed E-state index contributed by atoms with van der Waals surface area (Å²) < 4.78 is 0. The van der Waals surface area contributed by atoms with Crippen LogP contribution in [0.25, 0.3) is 5.76 Å². The topological polar surface area (TPSA) is 158 Å². The summed E-state index contributed by atoms with van der Waals surface area (Å²) >= 11 is 0. The van der Waals surface area contributed by atoms with Crippen LogP contribution >= 0.6 is 0 Å². The molecule has 1 saturated carbocycles. The number of carbonyl (C=O) groups is 3.